The number of fused-ring (bicyclic) bond motifs is 1. The minimum atomic E-state index is -0.806. The minimum absolute atomic E-state index is 0.0895. The van der Waals surface area contributed by atoms with E-state index in [4.69, 9.17) is 0 Å². The highest BCUT2D eigenvalue weighted by Crippen LogP contribution is 2.16. The van der Waals surface area contributed by atoms with Crippen molar-refractivity contribution < 1.29 is 18.0 Å². The molecule has 0 aliphatic rings. The quantitative estimate of drug-likeness (QED) is 0.710. The second kappa shape index (κ2) is 7.94. The molecular weight excluding hydrogens is 385 g/mol. The van der Waals surface area contributed by atoms with Crippen LogP contribution in [0.4, 0.5) is 19.1 Å². The number of halogens is 3. The largest absolute Gasteiger partial charge is 0.341 e. The van der Waals surface area contributed by atoms with Crippen molar-refractivity contribution in [2.75, 3.05) is 17.4 Å². The molecule has 0 spiro atoms. The molecule has 0 aliphatic carbocycles. The molecule has 0 fully saturated rings. The summed E-state index contributed by atoms with van der Waals surface area (Å²) in [7, 11) is 1.67. The molecule has 3 rings (SSSR count). The van der Waals surface area contributed by atoms with Gasteiger partial charge in [0.2, 0.25) is 11.9 Å². The molecule has 1 heterocycles. The Balaban J connectivity index is 2.03. The summed E-state index contributed by atoms with van der Waals surface area (Å²) in [5, 5.41) is 0.115. The van der Waals surface area contributed by atoms with Gasteiger partial charge in [0.05, 0.1) is 17.3 Å². The summed E-state index contributed by atoms with van der Waals surface area (Å²) in [6, 6.07) is 6.22. The zero-order valence-corrected chi connectivity index (χ0v) is 16.0. The summed E-state index contributed by atoms with van der Waals surface area (Å²) >= 11 is 0. The van der Waals surface area contributed by atoms with Gasteiger partial charge >= 0.3 is 0 Å². The molecule has 6 nitrogen and oxygen atoms in total. The molecule has 0 aliphatic heterocycles. The first-order chi connectivity index (χ1) is 13.7. The third kappa shape index (κ3) is 4.39. The van der Waals surface area contributed by atoms with Crippen molar-refractivity contribution in [1.29, 1.82) is 0 Å². The van der Waals surface area contributed by atoms with Gasteiger partial charge in [-0.25, -0.2) is 18.2 Å². The van der Waals surface area contributed by atoms with Gasteiger partial charge in [0.25, 0.3) is 5.56 Å². The number of anilines is 1. The molecule has 1 N–H and O–H groups in total. The lowest BCUT2D eigenvalue weighted by Gasteiger charge is -2.26. The van der Waals surface area contributed by atoms with Crippen LogP contribution >= 0.6 is 0 Å². The van der Waals surface area contributed by atoms with Gasteiger partial charge in [-0.05, 0) is 43.7 Å². The molecule has 9 heteroatoms. The van der Waals surface area contributed by atoms with Crippen LogP contribution < -0.4 is 15.9 Å². The third-order valence-electron chi connectivity index (χ3n) is 4.43. The van der Waals surface area contributed by atoms with Gasteiger partial charge in [0.15, 0.2) is 0 Å². The van der Waals surface area contributed by atoms with Crippen LogP contribution in [0.3, 0.4) is 0 Å². The van der Waals surface area contributed by atoms with E-state index in [9.17, 15) is 22.8 Å². The topological polar surface area (TPSA) is 67.2 Å². The Kier molecular flexibility index (Phi) is 5.58. The Morgan fingerprint density at radius 3 is 2.38 bits per heavy atom. The van der Waals surface area contributed by atoms with Crippen molar-refractivity contribution >= 4 is 22.8 Å². The Bertz CT molecular complexity index is 1120. The fourth-order valence-corrected chi connectivity index (χ4v) is 2.78. The second-order valence-corrected chi connectivity index (χ2v) is 6.91. The average molecular weight is 404 g/mol. The highest BCUT2D eigenvalue weighted by atomic mass is 19.1. The Labute approximate surface area is 164 Å². The van der Waals surface area contributed by atoms with Crippen molar-refractivity contribution in [2.24, 2.45) is 0 Å². The van der Waals surface area contributed by atoms with Crippen molar-refractivity contribution in [3.63, 3.8) is 0 Å². The third-order valence-corrected chi connectivity index (χ3v) is 4.43. The maximum Gasteiger partial charge on any atom is 0.281 e. The van der Waals surface area contributed by atoms with Crippen LogP contribution in [-0.4, -0.2) is 28.7 Å². The molecule has 2 aromatic carbocycles. The summed E-state index contributed by atoms with van der Waals surface area (Å²) in [4.78, 5) is 31.3. The molecule has 1 aromatic heterocycles. The standard InChI is InChI=1S/C20H19F3N4O2/c1-11(2)26(3)20-24-17-10-13(21)4-5-16(17)19(29)27(20)25-18(28)8-12-6-14(22)9-15(23)7-12/h4-7,9-11H,8H2,1-3H3,(H,25,28). The van der Waals surface area contributed by atoms with Crippen LogP contribution in [0.15, 0.2) is 41.2 Å². The first-order valence-electron chi connectivity index (χ1n) is 8.85. The van der Waals surface area contributed by atoms with Gasteiger partial charge in [-0.2, -0.15) is 4.68 Å². The van der Waals surface area contributed by atoms with E-state index in [0.29, 0.717) is 6.07 Å². The molecule has 29 heavy (non-hydrogen) atoms. The molecule has 0 radical (unpaired) electrons. The van der Waals surface area contributed by atoms with Crippen LogP contribution in [0.2, 0.25) is 0 Å². The fourth-order valence-electron chi connectivity index (χ4n) is 2.78. The predicted molar refractivity (Wildman–Crippen MR) is 104 cm³/mol. The normalized spacial score (nSPS) is 11.1. The van der Waals surface area contributed by atoms with E-state index in [2.05, 4.69) is 10.4 Å². The maximum atomic E-state index is 13.6. The Hall–Kier alpha value is -3.36. The number of carbonyl (C=O) groups excluding carboxylic acids is 1. The monoisotopic (exact) mass is 404 g/mol. The van der Waals surface area contributed by atoms with Gasteiger partial charge in [-0.15, -0.1) is 0 Å². The van der Waals surface area contributed by atoms with Gasteiger partial charge in [-0.1, -0.05) is 0 Å². The van der Waals surface area contributed by atoms with Gasteiger partial charge in [0.1, 0.15) is 17.5 Å². The number of carbonyl (C=O) groups is 1. The van der Waals surface area contributed by atoms with Gasteiger partial charge in [-0.3, -0.25) is 15.0 Å². The number of hydrogen-bond acceptors (Lipinski definition) is 4. The lowest BCUT2D eigenvalue weighted by atomic mass is 10.1. The number of aromatic nitrogens is 2. The molecule has 0 atom stereocenters. The fraction of sp³-hybridized carbons (Fsp3) is 0.250. The van der Waals surface area contributed by atoms with Crippen LogP contribution in [0.5, 0.6) is 0 Å². The van der Waals surface area contributed by atoms with E-state index in [1.165, 1.54) is 6.07 Å². The SMILES string of the molecule is CC(C)N(C)c1nc2cc(F)ccc2c(=O)n1NC(=O)Cc1cc(F)cc(F)c1. The molecule has 0 saturated carbocycles. The molecule has 0 saturated heterocycles. The molecule has 3 aromatic rings. The van der Waals surface area contributed by atoms with Crippen LogP contribution in [0, 0.1) is 17.5 Å². The summed E-state index contributed by atoms with van der Waals surface area (Å²) in [5.41, 5.74) is 2.09. The second-order valence-electron chi connectivity index (χ2n) is 6.91. The lowest BCUT2D eigenvalue weighted by Crippen LogP contribution is -2.40. The summed E-state index contributed by atoms with van der Waals surface area (Å²) in [6.45, 7) is 3.70. The summed E-state index contributed by atoms with van der Waals surface area (Å²) in [6.07, 6.45) is -0.354. The van der Waals surface area contributed by atoms with Gasteiger partial charge < -0.3 is 4.90 Å². The van der Waals surface area contributed by atoms with Crippen molar-refractivity contribution in [1.82, 2.24) is 9.66 Å². The van der Waals surface area contributed by atoms with E-state index >= 15 is 0 Å². The number of nitrogens with zero attached hydrogens (tertiary/aromatic N) is 3. The summed E-state index contributed by atoms with van der Waals surface area (Å²) < 4.78 is 41.3. The van der Waals surface area contributed by atoms with Crippen molar-refractivity contribution in [3.8, 4) is 0 Å². The van der Waals surface area contributed by atoms with Crippen LogP contribution in [0.1, 0.15) is 19.4 Å². The van der Waals surface area contributed by atoms with E-state index in [-0.39, 0.29) is 34.9 Å². The average Bonchev–Trinajstić information content (AvgIpc) is 2.62. The highest BCUT2D eigenvalue weighted by Gasteiger charge is 2.19. The van der Waals surface area contributed by atoms with E-state index < -0.39 is 28.9 Å². The molecule has 1 amide bonds. The summed E-state index contributed by atoms with van der Waals surface area (Å²) in [5.74, 6) is -2.72. The van der Waals surface area contributed by atoms with Crippen molar-refractivity contribution in [2.45, 2.75) is 26.3 Å². The first-order valence-corrected chi connectivity index (χ1v) is 8.85. The van der Waals surface area contributed by atoms with Crippen molar-refractivity contribution in [3.05, 3.63) is 69.8 Å². The van der Waals surface area contributed by atoms with E-state index in [1.807, 2.05) is 13.8 Å². The minimum Gasteiger partial charge on any atom is -0.341 e. The molecule has 0 unspecified atom stereocenters. The Morgan fingerprint density at radius 2 is 1.76 bits per heavy atom. The number of hydrogen-bond donors (Lipinski definition) is 1. The van der Waals surface area contributed by atoms with E-state index in [1.54, 1.807) is 11.9 Å². The number of amides is 1. The highest BCUT2D eigenvalue weighted by molar-refractivity contribution is 5.87. The Morgan fingerprint density at radius 1 is 1.10 bits per heavy atom. The zero-order valence-electron chi connectivity index (χ0n) is 16.0. The number of nitrogens with one attached hydrogen (secondary N) is 1. The van der Waals surface area contributed by atoms with Gasteiger partial charge in [0, 0.05) is 25.2 Å². The molecular formula is C20H19F3N4O2. The zero-order chi connectivity index (χ0) is 21.3. The number of benzene rings is 2. The smallest absolute Gasteiger partial charge is 0.281 e. The van der Waals surface area contributed by atoms with E-state index in [0.717, 1.165) is 28.9 Å². The molecule has 0 bridgehead atoms. The van der Waals surface area contributed by atoms with Crippen LogP contribution in [-0.2, 0) is 11.2 Å². The number of rotatable bonds is 5. The van der Waals surface area contributed by atoms with Crippen LogP contribution in [0.25, 0.3) is 10.9 Å². The first kappa shape index (κ1) is 20.4. The lowest BCUT2D eigenvalue weighted by molar-refractivity contribution is -0.116. The predicted octanol–water partition coefficient (Wildman–Crippen LogP) is 2.97. The molecule has 152 valence electrons. The maximum absolute atomic E-state index is 13.6.